The van der Waals surface area contributed by atoms with Crippen molar-refractivity contribution in [3.05, 3.63) is 10.6 Å². The second kappa shape index (κ2) is 7.62. The summed E-state index contributed by atoms with van der Waals surface area (Å²) in [4.78, 5) is 22.5. The maximum absolute atomic E-state index is 11.9. The van der Waals surface area contributed by atoms with E-state index in [0.717, 1.165) is 42.7 Å². The molecule has 1 saturated carbocycles. The topological polar surface area (TPSA) is 45.7 Å². The minimum absolute atomic E-state index is 0.237. The van der Waals surface area contributed by atoms with Gasteiger partial charge in [-0.3, -0.25) is 4.79 Å². The Kier molecular flexibility index (Phi) is 5.27. The summed E-state index contributed by atoms with van der Waals surface area (Å²) in [6, 6.07) is 0.841. The van der Waals surface area contributed by atoms with E-state index in [4.69, 9.17) is 9.72 Å². The highest BCUT2D eigenvalue weighted by Crippen LogP contribution is 2.32. The Morgan fingerprint density at radius 1 is 1.20 bits per heavy atom. The number of hydrogen-bond acceptors (Lipinski definition) is 5. The maximum Gasteiger partial charge on any atom is 0.273 e. The number of fused-ring (bicyclic) bond motifs is 1. The lowest BCUT2D eigenvalue weighted by Gasteiger charge is -2.36. The molecule has 2 fully saturated rings. The molecule has 0 aromatic carbocycles. The Morgan fingerprint density at radius 2 is 2.08 bits per heavy atom. The molecular weight excluding hydrogens is 334 g/mol. The molecule has 4 rings (SSSR count). The molecule has 1 aromatic heterocycles. The molecule has 6 heteroatoms. The fourth-order valence-electron chi connectivity index (χ4n) is 4.12. The lowest BCUT2D eigenvalue weighted by atomic mass is 9.91. The van der Waals surface area contributed by atoms with Crippen LogP contribution >= 0.6 is 11.3 Å². The molecule has 0 bridgehead atoms. The van der Waals surface area contributed by atoms with Gasteiger partial charge in [-0.05, 0) is 38.6 Å². The molecule has 3 heterocycles. The third-order valence-corrected chi connectivity index (χ3v) is 6.91. The van der Waals surface area contributed by atoms with Gasteiger partial charge in [0.15, 0.2) is 0 Å². The monoisotopic (exact) mass is 363 g/mol. The Morgan fingerprint density at radius 3 is 2.84 bits per heavy atom. The molecule has 1 atom stereocenters. The van der Waals surface area contributed by atoms with Gasteiger partial charge >= 0.3 is 0 Å². The maximum atomic E-state index is 11.9. The van der Waals surface area contributed by atoms with Crippen LogP contribution in [-0.4, -0.2) is 52.5 Å². The predicted molar refractivity (Wildman–Crippen MR) is 99.0 cm³/mol. The SMILES string of the molecule is CCC(=O)N1CCc2nc(OC3CCCN(C4CCC4)CC3)sc2C1. The molecule has 2 aliphatic heterocycles. The normalized spacial score (nSPS) is 25.2. The molecule has 1 unspecified atom stereocenters. The van der Waals surface area contributed by atoms with Crippen molar-refractivity contribution in [1.29, 1.82) is 0 Å². The van der Waals surface area contributed by atoms with E-state index in [1.165, 1.54) is 43.6 Å². The molecule has 1 aromatic rings. The van der Waals surface area contributed by atoms with Crippen LogP contribution in [0.1, 0.15) is 62.4 Å². The number of carbonyl (C=O) groups excluding carboxylic acids is 1. The van der Waals surface area contributed by atoms with Crippen molar-refractivity contribution >= 4 is 17.2 Å². The van der Waals surface area contributed by atoms with Crippen LogP contribution in [0.5, 0.6) is 5.19 Å². The molecule has 3 aliphatic rings. The van der Waals surface area contributed by atoms with Gasteiger partial charge < -0.3 is 14.5 Å². The second-order valence-corrected chi connectivity index (χ2v) is 8.61. The summed E-state index contributed by atoms with van der Waals surface area (Å²) in [6.45, 7) is 5.83. The Balaban J connectivity index is 1.34. The van der Waals surface area contributed by atoms with Crippen LogP contribution in [-0.2, 0) is 17.8 Å². The van der Waals surface area contributed by atoms with Gasteiger partial charge in [-0.15, -0.1) is 0 Å². The van der Waals surface area contributed by atoms with E-state index in [2.05, 4.69) is 4.90 Å². The average molecular weight is 364 g/mol. The van der Waals surface area contributed by atoms with Crippen molar-refractivity contribution in [2.45, 2.75) is 77.0 Å². The molecule has 5 nitrogen and oxygen atoms in total. The van der Waals surface area contributed by atoms with E-state index in [1.807, 2.05) is 11.8 Å². The minimum atomic E-state index is 0.237. The second-order valence-electron chi connectivity index (χ2n) is 7.56. The smallest absolute Gasteiger partial charge is 0.273 e. The van der Waals surface area contributed by atoms with Crippen LogP contribution in [0.2, 0.25) is 0 Å². The van der Waals surface area contributed by atoms with Crippen molar-refractivity contribution in [1.82, 2.24) is 14.8 Å². The van der Waals surface area contributed by atoms with E-state index in [1.54, 1.807) is 11.3 Å². The predicted octanol–water partition coefficient (Wildman–Crippen LogP) is 3.22. The molecular formula is C19H29N3O2S. The first-order chi connectivity index (χ1) is 12.2. The fraction of sp³-hybridized carbons (Fsp3) is 0.789. The highest BCUT2D eigenvalue weighted by Gasteiger charge is 2.29. The van der Waals surface area contributed by atoms with E-state index in [0.29, 0.717) is 19.1 Å². The van der Waals surface area contributed by atoms with Crippen molar-refractivity contribution in [3.63, 3.8) is 0 Å². The first-order valence-corrected chi connectivity index (χ1v) is 10.7. The first kappa shape index (κ1) is 17.3. The molecule has 138 valence electrons. The van der Waals surface area contributed by atoms with Gasteiger partial charge in [-0.25, -0.2) is 4.98 Å². The number of nitrogens with zero attached hydrogens (tertiary/aromatic N) is 3. The quantitative estimate of drug-likeness (QED) is 0.824. The Labute approximate surface area is 154 Å². The van der Waals surface area contributed by atoms with Gasteiger partial charge in [-0.2, -0.15) is 0 Å². The van der Waals surface area contributed by atoms with Crippen LogP contribution in [0, 0.1) is 0 Å². The van der Waals surface area contributed by atoms with Crippen LogP contribution in [0.3, 0.4) is 0 Å². The van der Waals surface area contributed by atoms with E-state index < -0.39 is 0 Å². The molecule has 0 radical (unpaired) electrons. The van der Waals surface area contributed by atoms with Crippen LogP contribution in [0.4, 0.5) is 0 Å². The molecule has 1 saturated heterocycles. The summed E-state index contributed by atoms with van der Waals surface area (Å²) in [7, 11) is 0. The number of likely N-dealkylation sites (tertiary alicyclic amines) is 1. The third-order valence-electron chi connectivity index (χ3n) is 5.94. The Bertz CT molecular complexity index is 614. The highest BCUT2D eigenvalue weighted by molar-refractivity contribution is 7.13. The largest absolute Gasteiger partial charge is 0.467 e. The van der Waals surface area contributed by atoms with E-state index >= 15 is 0 Å². The molecule has 25 heavy (non-hydrogen) atoms. The molecule has 0 N–H and O–H groups in total. The van der Waals surface area contributed by atoms with Gasteiger partial charge in [0.25, 0.3) is 5.19 Å². The lowest BCUT2D eigenvalue weighted by molar-refractivity contribution is -0.131. The van der Waals surface area contributed by atoms with Gasteiger partial charge in [0.2, 0.25) is 5.91 Å². The first-order valence-electron chi connectivity index (χ1n) is 9.90. The lowest BCUT2D eigenvalue weighted by Crippen LogP contribution is -2.40. The van der Waals surface area contributed by atoms with Gasteiger partial charge in [0, 0.05) is 32.0 Å². The number of ether oxygens (including phenoxy) is 1. The molecule has 0 spiro atoms. The van der Waals surface area contributed by atoms with Crippen molar-refractivity contribution in [3.8, 4) is 5.19 Å². The van der Waals surface area contributed by atoms with Gasteiger partial charge in [0.05, 0.1) is 17.1 Å². The highest BCUT2D eigenvalue weighted by atomic mass is 32.1. The zero-order valence-electron chi connectivity index (χ0n) is 15.2. The third kappa shape index (κ3) is 3.85. The van der Waals surface area contributed by atoms with Crippen molar-refractivity contribution in [2.75, 3.05) is 19.6 Å². The summed E-state index contributed by atoms with van der Waals surface area (Å²) in [5.74, 6) is 0.237. The number of amides is 1. The zero-order valence-corrected chi connectivity index (χ0v) is 16.0. The average Bonchev–Trinajstić information content (AvgIpc) is 2.84. The molecule has 1 amide bonds. The van der Waals surface area contributed by atoms with Crippen LogP contribution < -0.4 is 4.74 Å². The number of rotatable bonds is 4. The molecule has 1 aliphatic carbocycles. The Hall–Kier alpha value is -1.14. The van der Waals surface area contributed by atoms with Gasteiger partial charge in [-0.1, -0.05) is 24.7 Å². The zero-order chi connectivity index (χ0) is 17.2. The summed E-state index contributed by atoms with van der Waals surface area (Å²) < 4.78 is 6.27. The number of aromatic nitrogens is 1. The van der Waals surface area contributed by atoms with E-state index in [-0.39, 0.29) is 5.91 Å². The summed E-state index contributed by atoms with van der Waals surface area (Å²) in [5.41, 5.74) is 1.14. The van der Waals surface area contributed by atoms with Crippen molar-refractivity contribution < 1.29 is 9.53 Å². The fourth-order valence-corrected chi connectivity index (χ4v) is 5.16. The van der Waals surface area contributed by atoms with Crippen molar-refractivity contribution in [2.24, 2.45) is 0 Å². The van der Waals surface area contributed by atoms with E-state index in [9.17, 15) is 4.79 Å². The summed E-state index contributed by atoms with van der Waals surface area (Å²) in [5, 5.41) is 0.817. The summed E-state index contributed by atoms with van der Waals surface area (Å²) in [6.07, 6.45) is 9.39. The summed E-state index contributed by atoms with van der Waals surface area (Å²) >= 11 is 1.65. The van der Waals surface area contributed by atoms with Crippen LogP contribution in [0.25, 0.3) is 0 Å². The standard InChI is InChI=1S/C19H29N3O2S/c1-2-18(23)22-12-9-16-17(13-22)25-19(20-16)24-15-7-4-10-21(11-8-15)14-5-3-6-14/h14-15H,2-13H2,1H3. The van der Waals surface area contributed by atoms with Gasteiger partial charge in [0.1, 0.15) is 6.10 Å². The number of thiazole rings is 1. The number of hydrogen-bond donors (Lipinski definition) is 0. The number of carbonyl (C=O) groups is 1. The van der Waals surface area contributed by atoms with Crippen LogP contribution in [0.15, 0.2) is 0 Å². The minimum Gasteiger partial charge on any atom is -0.467 e.